The van der Waals surface area contributed by atoms with Crippen LogP contribution in [0.2, 0.25) is 0 Å². The lowest BCUT2D eigenvalue weighted by molar-refractivity contribution is -0.132. The normalized spacial score (nSPS) is 17.9. The van der Waals surface area contributed by atoms with Crippen molar-refractivity contribution in [2.75, 3.05) is 19.0 Å². The zero-order valence-electron chi connectivity index (χ0n) is 5.77. The third-order valence-corrected chi connectivity index (χ3v) is 1.66. The van der Waals surface area contributed by atoms with Crippen LogP contribution in [-0.4, -0.2) is 29.9 Å². The summed E-state index contributed by atoms with van der Waals surface area (Å²) in [7, 11) is 0. The second kappa shape index (κ2) is 3.78. The van der Waals surface area contributed by atoms with Crippen molar-refractivity contribution in [3.05, 3.63) is 0 Å². The minimum absolute atomic E-state index is 0.104. The Balaban J connectivity index is 2.25. The number of rotatable bonds is 2. The van der Waals surface area contributed by atoms with E-state index in [0.717, 1.165) is 19.5 Å². The van der Waals surface area contributed by atoms with Gasteiger partial charge in [0.2, 0.25) is 5.91 Å². The molecule has 1 amide bonds. The molecule has 0 aromatic rings. The minimum atomic E-state index is 0.104. The van der Waals surface area contributed by atoms with E-state index in [1.54, 1.807) is 5.01 Å². The van der Waals surface area contributed by atoms with Crippen LogP contribution in [0, 0.1) is 0 Å². The summed E-state index contributed by atoms with van der Waals surface area (Å²) in [4.78, 5) is 11.0. The maximum atomic E-state index is 11.0. The zero-order valence-corrected chi connectivity index (χ0v) is 6.52. The Labute approximate surface area is 65.3 Å². The summed E-state index contributed by atoms with van der Waals surface area (Å²) in [5, 5.41) is 1.64. The molecule has 1 saturated heterocycles. The zero-order chi connectivity index (χ0) is 7.40. The molecular formula is C6H11ClN2O. The highest BCUT2D eigenvalue weighted by molar-refractivity contribution is 6.18. The number of hydrogen-bond acceptors (Lipinski definition) is 2. The number of hydrazine groups is 1. The topological polar surface area (TPSA) is 32.3 Å². The van der Waals surface area contributed by atoms with Crippen molar-refractivity contribution < 1.29 is 4.79 Å². The second-order valence-corrected chi connectivity index (χ2v) is 2.62. The van der Waals surface area contributed by atoms with Crippen molar-refractivity contribution in [1.82, 2.24) is 10.4 Å². The smallest absolute Gasteiger partial charge is 0.237 e. The predicted octanol–water partition coefficient (Wildman–Crippen LogP) is 0.352. The lowest BCUT2D eigenvalue weighted by Gasteiger charge is -2.13. The highest BCUT2D eigenvalue weighted by Gasteiger charge is 2.15. The van der Waals surface area contributed by atoms with Gasteiger partial charge in [0.25, 0.3) is 0 Å². The number of carbonyl (C=O) groups is 1. The van der Waals surface area contributed by atoms with Gasteiger partial charge in [-0.1, -0.05) is 0 Å². The van der Waals surface area contributed by atoms with E-state index in [1.165, 1.54) is 0 Å². The molecule has 1 rings (SSSR count). The Morgan fingerprint density at radius 2 is 2.50 bits per heavy atom. The first-order valence-corrected chi connectivity index (χ1v) is 3.98. The Hall–Kier alpha value is -0.280. The molecule has 0 unspecified atom stereocenters. The summed E-state index contributed by atoms with van der Waals surface area (Å²) in [6.07, 6.45) is 1.49. The van der Waals surface area contributed by atoms with Crippen LogP contribution in [0.15, 0.2) is 0 Å². The largest absolute Gasteiger partial charge is 0.278 e. The Bertz CT molecular complexity index is 123. The molecule has 3 nitrogen and oxygen atoms in total. The molecule has 1 aliphatic heterocycles. The van der Waals surface area contributed by atoms with Crippen molar-refractivity contribution in [3.63, 3.8) is 0 Å². The SMILES string of the molecule is O=C(CCCl)N1CCCN1. The van der Waals surface area contributed by atoms with Gasteiger partial charge in [-0.25, -0.2) is 5.43 Å². The number of nitrogens with one attached hydrogen (secondary N) is 1. The quantitative estimate of drug-likeness (QED) is 0.595. The minimum Gasteiger partial charge on any atom is -0.278 e. The summed E-state index contributed by atoms with van der Waals surface area (Å²) in [5.74, 6) is 0.518. The first-order valence-electron chi connectivity index (χ1n) is 3.44. The predicted molar refractivity (Wildman–Crippen MR) is 39.7 cm³/mol. The average molecular weight is 163 g/mol. The van der Waals surface area contributed by atoms with Crippen molar-refractivity contribution in [1.29, 1.82) is 0 Å². The molecule has 4 heteroatoms. The standard InChI is InChI=1S/C6H11ClN2O/c7-3-2-6(10)9-5-1-4-8-9/h8H,1-5H2. The van der Waals surface area contributed by atoms with Crippen molar-refractivity contribution in [3.8, 4) is 0 Å². The fraction of sp³-hybridized carbons (Fsp3) is 0.833. The van der Waals surface area contributed by atoms with Crippen molar-refractivity contribution in [2.45, 2.75) is 12.8 Å². The van der Waals surface area contributed by atoms with Crippen LogP contribution in [0.3, 0.4) is 0 Å². The molecule has 1 N–H and O–H groups in total. The van der Waals surface area contributed by atoms with E-state index in [2.05, 4.69) is 5.43 Å². The summed E-state index contributed by atoms with van der Waals surface area (Å²) in [6, 6.07) is 0. The van der Waals surface area contributed by atoms with E-state index in [-0.39, 0.29) is 5.91 Å². The fourth-order valence-corrected chi connectivity index (χ4v) is 1.12. The molecule has 1 heterocycles. The third-order valence-electron chi connectivity index (χ3n) is 1.47. The van der Waals surface area contributed by atoms with Gasteiger partial charge in [0.1, 0.15) is 0 Å². The van der Waals surface area contributed by atoms with E-state index >= 15 is 0 Å². The fourth-order valence-electron chi connectivity index (χ4n) is 0.959. The molecular weight excluding hydrogens is 152 g/mol. The molecule has 0 aromatic heterocycles. The van der Waals surface area contributed by atoms with Gasteiger partial charge >= 0.3 is 0 Å². The van der Waals surface area contributed by atoms with E-state index < -0.39 is 0 Å². The van der Waals surface area contributed by atoms with Gasteiger partial charge in [0.05, 0.1) is 0 Å². The maximum absolute atomic E-state index is 11.0. The maximum Gasteiger partial charge on any atom is 0.237 e. The third kappa shape index (κ3) is 1.85. The molecule has 0 spiro atoms. The number of hydrogen-bond donors (Lipinski definition) is 1. The Morgan fingerprint density at radius 1 is 1.70 bits per heavy atom. The van der Waals surface area contributed by atoms with Crippen molar-refractivity contribution in [2.24, 2.45) is 0 Å². The van der Waals surface area contributed by atoms with Crippen LogP contribution in [0.1, 0.15) is 12.8 Å². The van der Waals surface area contributed by atoms with Gasteiger partial charge in [0.15, 0.2) is 0 Å². The summed E-state index contributed by atoms with van der Waals surface area (Å²) >= 11 is 5.40. The summed E-state index contributed by atoms with van der Waals surface area (Å²) in [6.45, 7) is 1.74. The molecule has 0 atom stereocenters. The molecule has 0 saturated carbocycles. The number of carbonyl (C=O) groups excluding carboxylic acids is 1. The molecule has 0 aromatic carbocycles. The number of halogens is 1. The molecule has 1 fully saturated rings. The first-order chi connectivity index (χ1) is 4.84. The molecule has 0 radical (unpaired) electrons. The van der Waals surface area contributed by atoms with Crippen molar-refractivity contribution >= 4 is 17.5 Å². The van der Waals surface area contributed by atoms with Gasteiger partial charge in [-0.3, -0.25) is 9.80 Å². The van der Waals surface area contributed by atoms with E-state index in [4.69, 9.17) is 11.6 Å². The van der Waals surface area contributed by atoms with Crippen LogP contribution >= 0.6 is 11.6 Å². The Morgan fingerprint density at radius 3 is 3.00 bits per heavy atom. The second-order valence-electron chi connectivity index (χ2n) is 2.25. The van der Waals surface area contributed by atoms with Gasteiger partial charge in [0, 0.05) is 25.4 Å². The monoisotopic (exact) mass is 162 g/mol. The first kappa shape index (κ1) is 7.82. The lowest BCUT2D eigenvalue weighted by Crippen LogP contribution is -2.36. The van der Waals surface area contributed by atoms with Gasteiger partial charge in [-0.15, -0.1) is 11.6 Å². The van der Waals surface area contributed by atoms with E-state index in [1.807, 2.05) is 0 Å². The van der Waals surface area contributed by atoms with Crippen LogP contribution in [0.4, 0.5) is 0 Å². The average Bonchev–Trinajstić information content (AvgIpc) is 2.38. The van der Waals surface area contributed by atoms with E-state index in [0.29, 0.717) is 12.3 Å². The molecule has 10 heavy (non-hydrogen) atoms. The highest BCUT2D eigenvalue weighted by atomic mass is 35.5. The Kier molecular flexibility index (Phi) is 2.96. The number of amides is 1. The van der Waals surface area contributed by atoms with E-state index in [9.17, 15) is 4.79 Å². The van der Waals surface area contributed by atoms with Gasteiger partial charge < -0.3 is 0 Å². The molecule has 0 aliphatic carbocycles. The summed E-state index contributed by atoms with van der Waals surface area (Å²) in [5.41, 5.74) is 2.97. The van der Waals surface area contributed by atoms with Crippen LogP contribution in [0.5, 0.6) is 0 Å². The number of alkyl halides is 1. The lowest BCUT2D eigenvalue weighted by atomic mass is 10.4. The molecule has 1 aliphatic rings. The highest BCUT2D eigenvalue weighted by Crippen LogP contribution is 1.99. The van der Waals surface area contributed by atoms with Gasteiger partial charge in [-0.2, -0.15) is 0 Å². The van der Waals surface area contributed by atoms with Crippen LogP contribution in [-0.2, 0) is 4.79 Å². The van der Waals surface area contributed by atoms with Crippen LogP contribution < -0.4 is 5.43 Å². The number of nitrogens with zero attached hydrogens (tertiary/aromatic N) is 1. The van der Waals surface area contributed by atoms with Crippen LogP contribution in [0.25, 0.3) is 0 Å². The summed E-state index contributed by atoms with van der Waals surface area (Å²) < 4.78 is 0. The molecule has 58 valence electrons. The molecule has 0 bridgehead atoms. The van der Waals surface area contributed by atoms with Gasteiger partial charge in [-0.05, 0) is 6.42 Å².